The number of piperidine rings is 1. The third-order valence-corrected chi connectivity index (χ3v) is 4.07. The lowest BCUT2D eigenvalue weighted by atomic mass is 10.1. The van der Waals surface area contributed by atoms with Gasteiger partial charge in [-0.25, -0.2) is 9.97 Å². The number of nitrogens with zero attached hydrogens (tertiary/aromatic N) is 3. The van der Waals surface area contributed by atoms with Gasteiger partial charge in [0.1, 0.15) is 0 Å². The summed E-state index contributed by atoms with van der Waals surface area (Å²) in [5.41, 5.74) is 1.97. The van der Waals surface area contributed by atoms with Crippen molar-refractivity contribution >= 4 is 17.7 Å². The summed E-state index contributed by atoms with van der Waals surface area (Å²) >= 11 is 1.57. The molecule has 2 rings (SSSR count). The maximum Gasteiger partial charge on any atom is 0.223 e. The van der Waals surface area contributed by atoms with E-state index in [1.54, 1.807) is 11.8 Å². The summed E-state index contributed by atoms with van der Waals surface area (Å²) in [7, 11) is 0. The molecule has 0 radical (unpaired) electrons. The second-order valence-corrected chi connectivity index (χ2v) is 6.04. The van der Waals surface area contributed by atoms with E-state index < -0.39 is 0 Å². The first-order chi connectivity index (χ1) is 9.15. The molecular formula is C14H21N3OS. The lowest BCUT2D eigenvalue weighted by molar-refractivity contribution is -0.131. The highest BCUT2D eigenvalue weighted by atomic mass is 32.2. The Labute approximate surface area is 119 Å². The van der Waals surface area contributed by atoms with Gasteiger partial charge < -0.3 is 4.90 Å². The number of rotatable bonds is 4. The molecule has 0 unspecified atom stereocenters. The summed E-state index contributed by atoms with van der Waals surface area (Å²) < 4.78 is 0. The van der Waals surface area contributed by atoms with E-state index in [-0.39, 0.29) is 5.91 Å². The van der Waals surface area contributed by atoms with Crippen LogP contribution in [0.4, 0.5) is 0 Å². The zero-order valence-corrected chi connectivity index (χ0v) is 12.5. The minimum absolute atomic E-state index is 0.275. The van der Waals surface area contributed by atoms with Crippen LogP contribution >= 0.6 is 11.8 Å². The van der Waals surface area contributed by atoms with Crippen LogP contribution in [0, 0.1) is 13.8 Å². The summed E-state index contributed by atoms with van der Waals surface area (Å²) in [6.45, 7) is 5.81. The number of carbonyl (C=O) groups excluding carboxylic acids is 1. The van der Waals surface area contributed by atoms with E-state index in [0.29, 0.717) is 6.42 Å². The van der Waals surface area contributed by atoms with Crippen molar-refractivity contribution in [3.63, 3.8) is 0 Å². The number of likely N-dealkylation sites (tertiary alicyclic amines) is 1. The molecule has 2 heterocycles. The second kappa shape index (κ2) is 6.89. The highest BCUT2D eigenvalue weighted by Gasteiger charge is 2.16. The van der Waals surface area contributed by atoms with Crippen LogP contribution in [0.25, 0.3) is 0 Å². The molecule has 0 saturated carbocycles. The van der Waals surface area contributed by atoms with Gasteiger partial charge in [0, 0.05) is 36.7 Å². The predicted molar refractivity (Wildman–Crippen MR) is 77.3 cm³/mol. The van der Waals surface area contributed by atoms with Crippen molar-refractivity contribution in [3.8, 4) is 0 Å². The Kier molecular flexibility index (Phi) is 5.19. The number of hydrogen-bond acceptors (Lipinski definition) is 4. The van der Waals surface area contributed by atoms with Gasteiger partial charge in [-0.1, -0.05) is 11.8 Å². The molecule has 0 aromatic carbocycles. The average molecular weight is 279 g/mol. The van der Waals surface area contributed by atoms with Crippen molar-refractivity contribution < 1.29 is 4.79 Å². The third-order valence-electron chi connectivity index (χ3n) is 3.22. The fraction of sp³-hybridized carbons (Fsp3) is 0.643. The largest absolute Gasteiger partial charge is 0.343 e. The molecule has 1 aromatic heterocycles. The molecule has 1 aliphatic heterocycles. The highest BCUT2D eigenvalue weighted by Crippen LogP contribution is 2.17. The summed E-state index contributed by atoms with van der Waals surface area (Å²) in [4.78, 5) is 22.7. The molecule has 0 spiro atoms. The molecule has 1 aromatic rings. The second-order valence-electron chi connectivity index (χ2n) is 4.97. The van der Waals surface area contributed by atoms with Crippen LogP contribution in [0.1, 0.15) is 37.1 Å². The van der Waals surface area contributed by atoms with Crippen LogP contribution < -0.4 is 0 Å². The number of thioether (sulfide) groups is 1. The number of hydrogen-bond donors (Lipinski definition) is 0. The van der Waals surface area contributed by atoms with E-state index in [1.165, 1.54) is 6.42 Å². The molecule has 0 aliphatic carbocycles. The topological polar surface area (TPSA) is 46.1 Å². The van der Waals surface area contributed by atoms with Crippen molar-refractivity contribution in [1.82, 2.24) is 14.9 Å². The molecule has 4 nitrogen and oxygen atoms in total. The first-order valence-electron chi connectivity index (χ1n) is 6.88. The first-order valence-corrected chi connectivity index (χ1v) is 7.86. The predicted octanol–water partition coefficient (Wildman–Crippen LogP) is 2.59. The van der Waals surface area contributed by atoms with Gasteiger partial charge in [0.05, 0.1) is 0 Å². The fourth-order valence-corrected chi connectivity index (χ4v) is 3.17. The molecule has 1 fully saturated rings. The molecule has 19 heavy (non-hydrogen) atoms. The zero-order chi connectivity index (χ0) is 13.7. The van der Waals surface area contributed by atoms with Crippen LogP contribution in [0.15, 0.2) is 11.2 Å². The molecular weight excluding hydrogens is 258 g/mol. The smallest absolute Gasteiger partial charge is 0.223 e. The summed E-state index contributed by atoms with van der Waals surface area (Å²) in [5.74, 6) is 1.04. The van der Waals surface area contributed by atoms with Gasteiger partial charge in [-0.3, -0.25) is 4.79 Å². The minimum atomic E-state index is 0.275. The normalized spacial score (nSPS) is 15.6. The highest BCUT2D eigenvalue weighted by molar-refractivity contribution is 7.99. The molecule has 104 valence electrons. The number of aryl methyl sites for hydroxylation is 2. The van der Waals surface area contributed by atoms with Gasteiger partial charge in [-0.2, -0.15) is 0 Å². The molecule has 0 bridgehead atoms. The number of carbonyl (C=O) groups is 1. The zero-order valence-electron chi connectivity index (χ0n) is 11.7. The van der Waals surface area contributed by atoms with Crippen LogP contribution in [-0.2, 0) is 4.79 Å². The number of aromatic nitrogens is 2. The first kappa shape index (κ1) is 14.3. The Balaban J connectivity index is 1.77. The fourth-order valence-electron chi connectivity index (χ4n) is 2.29. The standard InChI is InChI=1S/C14H21N3OS/c1-11-10-12(2)16-14(15-11)19-9-6-13(18)17-7-4-3-5-8-17/h10H,3-9H2,1-2H3. The number of amides is 1. The van der Waals surface area contributed by atoms with Crippen molar-refractivity contribution in [3.05, 3.63) is 17.5 Å². The summed E-state index contributed by atoms with van der Waals surface area (Å²) in [6.07, 6.45) is 4.15. The van der Waals surface area contributed by atoms with Crippen LogP contribution in [0.3, 0.4) is 0 Å². The van der Waals surface area contributed by atoms with E-state index in [4.69, 9.17) is 0 Å². The van der Waals surface area contributed by atoms with Gasteiger partial charge in [0.2, 0.25) is 5.91 Å². The summed E-state index contributed by atoms with van der Waals surface area (Å²) in [5, 5.41) is 0.781. The Morgan fingerprint density at radius 2 is 1.84 bits per heavy atom. The quantitative estimate of drug-likeness (QED) is 0.628. The van der Waals surface area contributed by atoms with Crippen molar-refractivity contribution in [2.45, 2.75) is 44.7 Å². The van der Waals surface area contributed by atoms with Gasteiger partial charge >= 0.3 is 0 Å². The van der Waals surface area contributed by atoms with Gasteiger partial charge in [0.15, 0.2) is 5.16 Å². The van der Waals surface area contributed by atoms with E-state index in [9.17, 15) is 4.79 Å². The van der Waals surface area contributed by atoms with Crippen LogP contribution in [-0.4, -0.2) is 39.6 Å². The molecule has 1 saturated heterocycles. The third kappa shape index (κ3) is 4.49. The van der Waals surface area contributed by atoms with E-state index in [0.717, 1.165) is 48.2 Å². The molecule has 1 amide bonds. The Morgan fingerprint density at radius 3 is 2.47 bits per heavy atom. The van der Waals surface area contributed by atoms with Crippen molar-refractivity contribution in [1.29, 1.82) is 0 Å². The maximum absolute atomic E-state index is 12.0. The Hall–Kier alpha value is -1.10. The summed E-state index contributed by atoms with van der Waals surface area (Å²) in [6, 6.07) is 1.96. The Morgan fingerprint density at radius 1 is 1.21 bits per heavy atom. The minimum Gasteiger partial charge on any atom is -0.343 e. The van der Waals surface area contributed by atoms with Crippen LogP contribution in [0.5, 0.6) is 0 Å². The molecule has 0 N–H and O–H groups in total. The van der Waals surface area contributed by atoms with E-state index in [2.05, 4.69) is 9.97 Å². The van der Waals surface area contributed by atoms with E-state index >= 15 is 0 Å². The molecule has 5 heteroatoms. The van der Waals surface area contributed by atoms with Gasteiger partial charge in [0.25, 0.3) is 0 Å². The lowest BCUT2D eigenvalue weighted by Gasteiger charge is -2.26. The maximum atomic E-state index is 12.0. The SMILES string of the molecule is Cc1cc(C)nc(SCCC(=O)N2CCCCC2)n1. The van der Waals surface area contributed by atoms with Crippen molar-refractivity contribution in [2.24, 2.45) is 0 Å². The van der Waals surface area contributed by atoms with Gasteiger partial charge in [-0.05, 0) is 39.2 Å². The van der Waals surface area contributed by atoms with Crippen LogP contribution in [0.2, 0.25) is 0 Å². The van der Waals surface area contributed by atoms with Gasteiger partial charge in [-0.15, -0.1) is 0 Å². The molecule has 0 atom stereocenters. The Bertz CT molecular complexity index is 424. The molecule has 1 aliphatic rings. The average Bonchev–Trinajstić information content (AvgIpc) is 2.38. The van der Waals surface area contributed by atoms with E-state index in [1.807, 2.05) is 24.8 Å². The lowest BCUT2D eigenvalue weighted by Crippen LogP contribution is -2.35. The monoisotopic (exact) mass is 279 g/mol. The van der Waals surface area contributed by atoms with Crippen molar-refractivity contribution in [2.75, 3.05) is 18.8 Å².